The van der Waals surface area contributed by atoms with Crippen molar-refractivity contribution in [1.29, 1.82) is 0 Å². The molecule has 0 fully saturated rings. The molecular weight excluding hydrogens is 178 g/mol. The number of hydrogen-bond acceptors (Lipinski definition) is 3. The van der Waals surface area contributed by atoms with E-state index in [0.717, 1.165) is 0 Å². The summed E-state index contributed by atoms with van der Waals surface area (Å²) >= 11 is 0. The second-order valence-corrected chi connectivity index (χ2v) is 0.750. The molecule has 0 rings (SSSR count). The van der Waals surface area contributed by atoms with E-state index in [1.165, 1.54) is 0 Å². The van der Waals surface area contributed by atoms with Gasteiger partial charge in [-0.25, -0.2) is 0 Å². The Labute approximate surface area is 126 Å². The molecular formula is H4CaNa2O4Si. The Morgan fingerprint density at radius 2 is 1.25 bits per heavy atom. The van der Waals surface area contributed by atoms with Crippen molar-refractivity contribution in [2.24, 2.45) is 0 Å². The molecule has 0 unspecified atom stereocenters. The van der Waals surface area contributed by atoms with Gasteiger partial charge in [-0.05, 0) is 0 Å². The van der Waals surface area contributed by atoms with Gasteiger partial charge in [0.1, 0.15) is 0 Å². The van der Waals surface area contributed by atoms with Crippen LogP contribution in [0.4, 0.5) is 0 Å². The largest absolute Gasteiger partial charge is 2.00 e. The minimum absolute atomic E-state index is 0. The van der Waals surface area contributed by atoms with Crippen molar-refractivity contribution in [2.45, 2.75) is 0 Å². The molecule has 36 valence electrons. The average molecular weight is 182 g/mol. The summed E-state index contributed by atoms with van der Waals surface area (Å²) in [7, 11) is -3.63. The summed E-state index contributed by atoms with van der Waals surface area (Å²) in [5.41, 5.74) is 0. The van der Waals surface area contributed by atoms with Crippen molar-refractivity contribution in [3.05, 3.63) is 0 Å². The molecule has 0 bridgehead atoms. The first-order valence-corrected chi connectivity index (χ1v) is 1.84. The van der Waals surface area contributed by atoms with Gasteiger partial charge in [0, 0.05) is 9.17 Å². The van der Waals surface area contributed by atoms with E-state index in [2.05, 4.69) is 0 Å². The van der Waals surface area contributed by atoms with Crippen molar-refractivity contribution in [3.63, 3.8) is 0 Å². The summed E-state index contributed by atoms with van der Waals surface area (Å²) < 4.78 is 8.52. The Morgan fingerprint density at radius 1 is 1.25 bits per heavy atom. The minimum atomic E-state index is -3.63. The van der Waals surface area contributed by atoms with Gasteiger partial charge in [0.25, 0.3) is 0 Å². The number of rotatable bonds is 0. The first-order chi connectivity index (χ1) is 1.73. The zero-order valence-corrected chi connectivity index (χ0v) is 12.1. The maximum Gasteiger partial charge on any atom is 2.00 e. The Morgan fingerprint density at radius 3 is 1.25 bits per heavy atom. The van der Waals surface area contributed by atoms with Crippen molar-refractivity contribution in [2.75, 3.05) is 0 Å². The molecule has 0 aliphatic carbocycles. The molecule has 0 aromatic carbocycles. The smallest absolute Gasteiger partial charge is 1.00 e. The number of hydrogen-bond donors (Lipinski definition) is 0. The fourth-order valence-corrected chi connectivity index (χ4v) is 0. The molecule has 0 aliphatic rings. The zero-order chi connectivity index (χ0) is 3.58. The van der Waals surface area contributed by atoms with Gasteiger partial charge in [-0.3, -0.25) is 0 Å². The predicted octanol–water partition coefficient (Wildman–Crippen LogP) is -9.85. The zero-order valence-electron chi connectivity index (χ0n) is 6.93. The molecule has 0 aromatic rings. The third-order valence-electron chi connectivity index (χ3n) is 0. The van der Waals surface area contributed by atoms with Crippen LogP contribution in [0.5, 0.6) is 0 Å². The summed E-state index contributed by atoms with van der Waals surface area (Å²) in [4.78, 5) is 17.0. The van der Waals surface area contributed by atoms with Gasteiger partial charge >= 0.3 is 96.9 Å². The third kappa shape index (κ3) is 67.4. The molecule has 0 saturated carbocycles. The maximum atomic E-state index is 8.52. The van der Waals surface area contributed by atoms with Gasteiger partial charge in [-0.2, -0.15) is 0 Å². The van der Waals surface area contributed by atoms with E-state index in [0.29, 0.717) is 0 Å². The van der Waals surface area contributed by atoms with Crippen LogP contribution in [0.1, 0.15) is 2.85 Å². The van der Waals surface area contributed by atoms with E-state index in [-0.39, 0.29) is 105 Å². The van der Waals surface area contributed by atoms with E-state index >= 15 is 0 Å². The normalized spacial score (nSPS) is 3.00. The van der Waals surface area contributed by atoms with Crippen LogP contribution in [-0.2, 0) is 4.46 Å². The fourth-order valence-electron chi connectivity index (χ4n) is 0. The monoisotopic (exact) mass is 182 g/mol. The van der Waals surface area contributed by atoms with Crippen molar-refractivity contribution >= 4 is 46.9 Å². The molecule has 0 amide bonds. The molecule has 0 radical (unpaired) electrons. The van der Waals surface area contributed by atoms with Crippen LogP contribution in [-0.4, -0.2) is 52.4 Å². The van der Waals surface area contributed by atoms with Crippen molar-refractivity contribution in [3.8, 4) is 0 Å². The van der Waals surface area contributed by atoms with E-state index in [1.807, 2.05) is 0 Å². The summed E-state index contributed by atoms with van der Waals surface area (Å²) in [6, 6.07) is 0. The second kappa shape index (κ2) is 22.5. The van der Waals surface area contributed by atoms with Gasteiger partial charge in [-0.1, -0.05) is 0 Å². The Hall–Kier alpha value is 2.84. The summed E-state index contributed by atoms with van der Waals surface area (Å²) in [6.07, 6.45) is 0. The Balaban J connectivity index is -0.00000000300. The summed E-state index contributed by atoms with van der Waals surface area (Å²) in [6.45, 7) is 0. The van der Waals surface area contributed by atoms with Gasteiger partial charge in [0.05, 0.1) is 0 Å². The predicted molar refractivity (Wildman–Crippen MR) is 18.0 cm³/mol. The average Bonchev–Trinajstić information content (AvgIpc) is 0.811. The molecule has 2 N–H and O–H groups in total. The molecule has 0 aromatic heterocycles. The summed E-state index contributed by atoms with van der Waals surface area (Å²) in [5.74, 6) is 0. The van der Waals surface area contributed by atoms with Crippen LogP contribution in [0.3, 0.4) is 0 Å². The van der Waals surface area contributed by atoms with Crippen LogP contribution < -0.4 is 68.7 Å². The van der Waals surface area contributed by atoms with E-state index in [4.69, 9.17) is 14.1 Å². The molecule has 0 heterocycles. The molecule has 8 heteroatoms. The Bertz CT molecular complexity index is 44.2. The molecule has 0 atom stereocenters. The van der Waals surface area contributed by atoms with Crippen molar-refractivity contribution in [1.82, 2.24) is 0 Å². The van der Waals surface area contributed by atoms with Crippen LogP contribution in [0.15, 0.2) is 0 Å². The standard InChI is InChI=1S/Ca.2Na.O3Si.H2O.2H/c;;;1-4(2)3;;;/h;;;;1H2;;/q+2;2*+1;-2;;2*-1. The van der Waals surface area contributed by atoms with Gasteiger partial charge < -0.3 is 22.4 Å². The van der Waals surface area contributed by atoms with Crippen LogP contribution in [0, 0.1) is 0 Å². The molecule has 4 nitrogen and oxygen atoms in total. The first-order valence-electron chi connectivity index (χ1n) is 0.612. The van der Waals surface area contributed by atoms with Crippen LogP contribution in [0.2, 0.25) is 0 Å². The second-order valence-electron chi connectivity index (χ2n) is 0.250. The molecule has 0 spiro atoms. The molecule has 0 saturated heterocycles. The quantitative estimate of drug-likeness (QED) is 0.348. The van der Waals surface area contributed by atoms with Crippen LogP contribution in [0.25, 0.3) is 0 Å². The van der Waals surface area contributed by atoms with Gasteiger partial charge in [0.15, 0.2) is 0 Å². The summed E-state index contributed by atoms with van der Waals surface area (Å²) in [5, 5.41) is 0. The maximum absolute atomic E-state index is 8.52. The van der Waals surface area contributed by atoms with E-state index in [9.17, 15) is 0 Å². The van der Waals surface area contributed by atoms with E-state index < -0.39 is 9.17 Å². The first kappa shape index (κ1) is 30.8. The SMILES string of the molecule is O.O=[Si]([O-])[O-].[Ca+2].[H-].[H-].[Na+].[Na+]. The van der Waals surface area contributed by atoms with E-state index in [1.54, 1.807) is 0 Å². The fraction of sp³-hybridized carbons (Fsp3) is 0. The molecule has 0 aliphatic heterocycles. The molecule has 8 heavy (non-hydrogen) atoms. The third-order valence-corrected chi connectivity index (χ3v) is 0. The van der Waals surface area contributed by atoms with Gasteiger partial charge in [-0.15, -0.1) is 0 Å². The van der Waals surface area contributed by atoms with Crippen LogP contribution >= 0.6 is 0 Å². The van der Waals surface area contributed by atoms with Crippen molar-refractivity contribution < 1.29 is 81.5 Å². The minimum Gasteiger partial charge on any atom is -1.00 e. The van der Waals surface area contributed by atoms with Gasteiger partial charge in [0.2, 0.25) is 0 Å². The topological polar surface area (TPSA) is 94.7 Å². The Kier molecular flexibility index (Phi) is 86.7.